The molecule has 2 aromatic carbocycles. The number of benzene rings is 2. The topological polar surface area (TPSA) is 78.5 Å². The fraction of sp³-hybridized carbons (Fsp3) is 0.409. The summed E-state index contributed by atoms with van der Waals surface area (Å²) in [5.41, 5.74) is 2.23. The predicted octanol–water partition coefficient (Wildman–Crippen LogP) is 4.28. The Labute approximate surface area is 172 Å². The Morgan fingerprint density at radius 3 is 2.48 bits per heavy atom. The summed E-state index contributed by atoms with van der Waals surface area (Å²) in [6, 6.07) is 14.0. The number of nitrogens with zero attached hydrogens (tertiary/aromatic N) is 1. The molecule has 0 unspecified atom stereocenters. The lowest BCUT2D eigenvalue weighted by Crippen LogP contribution is -2.39. The molecule has 6 nitrogen and oxygen atoms in total. The molecule has 154 valence electrons. The van der Waals surface area contributed by atoms with Gasteiger partial charge in [-0.2, -0.15) is 0 Å². The molecule has 2 N–H and O–H groups in total. The first-order valence-corrected chi connectivity index (χ1v) is 11.8. The van der Waals surface area contributed by atoms with Crippen LogP contribution in [0.15, 0.2) is 53.4 Å². The number of nitrogens with one attached hydrogen (secondary N) is 2. The minimum absolute atomic E-state index is 0.219. The van der Waals surface area contributed by atoms with E-state index >= 15 is 0 Å². The maximum atomic E-state index is 13.2. The molecule has 1 saturated carbocycles. The molecule has 1 aliphatic carbocycles. The molecular formula is C22H27N3O3S. The van der Waals surface area contributed by atoms with Gasteiger partial charge in [-0.15, -0.1) is 0 Å². The van der Waals surface area contributed by atoms with Crippen molar-refractivity contribution in [3.63, 3.8) is 0 Å². The molecule has 1 aliphatic heterocycles. The number of urea groups is 1. The highest BCUT2D eigenvalue weighted by Crippen LogP contribution is 2.34. The smallest absolute Gasteiger partial charge is 0.319 e. The van der Waals surface area contributed by atoms with E-state index in [4.69, 9.17) is 0 Å². The van der Waals surface area contributed by atoms with Crippen LogP contribution in [0.2, 0.25) is 0 Å². The maximum Gasteiger partial charge on any atom is 0.319 e. The van der Waals surface area contributed by atoms with Crippen molar-refractivity contribution in [1.82, 2.24) is 5.32 Å². The second-order valence-corrected chi connectivity index (χ2v) is 9.63. The Kier molecular flexibility index (Phi) is 5.76. The lowest BCUT2D eigenvalue weighted by atomic mass is 9.96. The number of anilines is 2. The zero-order valence-electron chi connectivity index (χ0n) is 16.4. The van der Waals surface area contributed by atoms with Crippen LogP contribution >= 0.6 is 0 Å². The molecule has 0 aromatic heterocycles. The SMILES string of the molecule is O=C(Nc1ccc2c(c1)N(S(=O)(=O)c1ccccc1)CCC2)NC1CCCCC1. The van der Waals surface area contributed by atoms with Gasteiger partial charge in [-0.1, -0.05) is 43.5 Å². The van der Waals surface area contributed by atoms with Crippen molar-refractivity contribution in [2.75, 3.05) is 16.2 Å². The van der Waals surface area contributed by atoms with Crippen molar-refractivity contribution in [3.8, 4) is 0 Å². The van der Waals surface area contributed by atoms with Gasteiger partial charge in [-0.25, -0.2) is 13.2 Å². The van der Waals surface area contributed by atoms with Gasteiger partial charge in [0.15, 0.2) is 0 Å². The normalized spacial score (nSPS) is 17.4. The van der Waals surface area contributed by atoms with E-state index in [0.29, 0.717) is 17.9 Å². The first-order valence-electron chi connectivity index (χ1n) is 10.3. The number of carbonyl (C=O) groups excluding carboxylic acids is 1. The first kappa shape index (κ1) is 19.8. The fourth-order valence-electron chi connectivity index (χ4n) is 4.19. The average Bonchev–Trinajstić information content (AvgIpc) is 2.74. The minimum atomic E-state index is -3.64. The van der Waals surface area contributed by atoms with E-state index < -0.39 is 10.0 Å². The van der Waals surface area contributed by atoms with Gasteiger partial charge >= 0.3 is 6.03 Å². The number of rotatable bonds is 4. The van der Waals surface area contributed by atoms with Crippen LogP contribution in [-0.2, 0) is 16.4 Å². The highest BCUT2D eigenvalue weighted by Gasteiger charge is 2.29. The predicted molar refractivity (Wildman–Crippen MR) is 115 cm³/mol. The largest absolute Gasteiger partial charge is 0.335 e. The van der Waals surface area contributed by atoms with Crippen LogP contribution in [0.1, 0.15) is 44.1 Å². The molecular weight excluding hydrogens is 386 g/mol. The van der Waals surface area contributed by atoms with Gasteiger partial charge in [-0.05, 0) is 55.5 Å². The lowest BCUT2D eigenvalue weighted by Gasteiger charge is -2.31. The zero-order valence-corrected chi connectivity index (χ0v) is 17.2. The summed E-state index contributed by atoms with van der Waals surface area (Å²) in [5.74, 6) is 0. The van der Waals surface area contributed by atoms with Gasteiger partial charge in [0, 0.05) is 18.3 Å². The van der Waals surface area contributed by atoms with Crippen molar-refractivity contribution in [2.45, 2.75) is 55.9 Å². The molecule has 0 saturated heterocycles. The van der Waals surface area contributed by atoms with Gasteiger partial charge in [0.05, 0.1) is 10.6 Å². The molecule has 1 heterocycles. The van der Waals surface area contributed by atoms with E-state index in [9.17, 15) is 13.2 Å². The zero-order chi connectivity index (χ0) is 20.3. The maximum absolute atomic E-state index is 13.2. The molecule has 0 atom stereocenters. The van der Waals surface area contributed by atoms with Crippen molar-refractivity contribution < 1.29 is 13.2 Å². The number of hydrogen-bond acceptors (Lipinski definition) is 3. The Balaban J connectivity index is 1.55. The van der Waals surface area contributed by atoms with Crippen LogP contribution in [0, 0.1) is 0 Å². The van der Waals surface area contributed by atoms with Gasteiger partial charge in [-0.3, -0.25) is 4.31 Å². The summed E-state index contributed by atoms with van der Waals surface area (Å²) < 4.78 is 27.8. The molecule has 1 fully saturated rings. The number of sulfonamides is 1. The summed E-state index contributed by atoms with van der Waals surface area (Å²) in [5, 5.41) is 5.91. The number of hydrogen-bond donors (Lipinski definition) is 2. The second-order valence-electron chi connectivity index (χ2n) is 7.77. The summed E-state index contributed by atoms with van der Waals surface area (Å²) in [6.07, 6.45) is 7.16. The van der Waals surface area contributed by atoms with Crippen LogP contribution in [0.5, 0.6) is 0 Å². The molecule has 2 aliphatic rings. The first-order chi connectivity index (χ1) is 14.0. The molecule has 4 rings (SSSR count). The fourth-order valence-corrected chi connectivity index (χ4v) is 5.74. The van der Waals surface area contributed by atoms with Gasteiger partial charge in [0.25, 0.3) is 10.0 Å². The quantitative estimate of drug-likeness (QED) is 0.785. The molecule has 0 bridgehead atoms. The van der Waals surface area contributed by atoms with E-state index in [2.05, 4.69) is 10.6 Å². The summed E-state index contributed by atoms with van der Waals surface area (Å²) in [7, 11) is -3.64. The van der Waals surface area contributed by atoms with E-state index in [1.54, 1.807) is 36.4 Å². The highest BCUT2D eigenvalue weighted by molar-refractivity contribution is 7.92. The average molecular weight is 414 g/mol. The highest BCUT2D eigenvalue weighted by atomic mass is 32.2. The Morgan fingerprint density at radius 2 is 1.72 bits per heavy atom. The molecule has 0 radical (unpaired) electrons. The Morgan fingerprint density at radius 1 is 0.966 bits per heavy atom. The van der Waals surface area contributed by atoms with Crippen molar-refractivity contribution >= 4 is 27.4 Å². The third-order valence-electron chi connectivity index (χ3n) is 5.69. The molecule has 29 heavy (non-hydrogen) atoms. The monoisotopic (exact) mass is 413 g/mol. The van der Waals surface area contributed by atoms with E-state index in [0.717, 1.165) is 44.1 Å². The summed E-state index contributed by atoms with van der Waals surface area (Å²) >= 11 is 0. The van der Waals surface area contributed by atoms with E-state index in [1.807, 2.05) is 12.1 Å². The second kappa shape index (κ2) is 8.45. The van der Waals surface area contributed by atoms with Crippen LogP contribution in [0.25, 0.3) is 0 Å². The number of aryl methyl sites for hydroxylation is 1. The minimum Gasteiger partial charge on any atom is -0.335 e. The number of carbonyl (C=O) groups is 1. The van der Waals surface area contributed by atoms with Crippen LogP contribution in [0.4, 0.5) is 16.2 Å². The van der Waals surface area contributed by atoms with Gasteiger partial charge < -0.3 is 10.6 Å². The third kappa shape index (κ3) is 4.40. The third-order valence-corrected chi connectivity index (χ3v) is 7.52. The molecule has 7 heteroatoms. The van der Waals surface area contributed by atoms with Gasteiger partial charge in [0.2, 0.25) is 0 Å². The summed E-state index contributed by atoms with van der Waals surface area (Å²) in [4.78, 5) is 12.7. The number of fused-ring (bicyclic) bond motifs is 1. The Hall–Kier alpha value is -2.54. The molecule has 2 amide bonds. The standard InChI is InChI=1S/C22H27N3O3S/c26-22(23-18-9-3-1-4-10-18)24-19-14-13-17-8-7-15-25(21(17)16-19)29(27,28)20-11-5-2-6-12-20/h2,5-6,11-14,16,18H,1,3-4,7-10,15H2,(H2,23,24,26). The molecule has 2 aromatic rings. The Bertz CT molecular complexity index is 970. The van der Waals surface area contributed by atoms with Crippen LogP contribution < -0.4 is 14.9 Å². The van der Waals surface area contributed by atoms with Crippen LogP contribution in [0.3, 0.4) is 0 Å². The van der Waals surface area contributed by atoms with Crippen molar-refractivity contribution in [1.29, 1.82) is 0 Å². The van der Waals surface area contributed by atoms with Crippen molar-refractivity contribution in [3.05, 3.63) is 54.1 Å². The van der Waals surface area contributed by atoms with Crippen molar-refractivity contribution in [2.24, 2.45) is 0 Å². The van der Waals surface area contributed by atoms with E-state index in [-0.39, 0.29) is 17.0 Å². The van der Waals surface area contributed by atoms with Gasteiger partial charge in [0.1, 0.15) is 0 Å². The number of amides is 2. The summed E-state index contributed by atoms with van der Waals surface area (Å²) in [6.45, 7) is 0.432. The lowest BCUT2D eigenvalue weighted by molar-refractivity contribution is 0.244. The molecule has 0 spiro atoms. The van der Waals surface area contributed by atoms with E-state index in [1.165, 1.54) is 10.7 Å². The van der Waals surface area contributed by atoms with Crippen LogP contribution in [-0.4, -0.2) is 27.0 Å².